The van der Waals surface area contributed by atoms with Crippen molar-refractivity contribution in [1.82, 2.24) is 19.5 Å². The topological polar surface area (TPSA) is 120 Å². The predicted molar refractivity (Wildman–Crippen MR) is 108 cm³/mol. The largest absolute Gasteiger partial charge is 0.322 e. The Bertz CT molecular complexity index is 1050. The highest BCUT2D eigenvalue weighted by atomic mass is 16.2. The Labute approximate surface area is 162 Å². The minimum Gasteiger partial charge on any atom is -0.322 e. The molecule has 0 aromatic carbocycles. The zero-order valence-corrected chi connectivity index (χ0v) is 15.9. The molecule has 0 spiro atoms. The number of anilines is 1. The Kier molecular flexibility index (Phi) is 5.39. The van der Waals surface area contributed by atoms with E-state index in [9.17, 15) is 4.79 Å². The Hall–Kier alpha value is -3.68. The quantitative estimate of drug-likeness (QED) is 0.574. The smallest absolute Gasteiger partial charge is 0.245 e. The van der Waals surface area contributed by atoms with Crippen LogP contribution in [0.5, 0.6) is 0 Å². The summed E-state index contributed by atoms with van der Waals surface area (Å²) in [6, 6.07) is 7.14. The van der Waals surface area contributed by atoms with Crippen molar-refractivity contribution < 1.29 is 4.79 Å². The maximum absolute atomic E-state index is 12.5. The number of pyridine rings is 2. The van der Waals surface area contributed by atoms with Crippen molar-refractivity contribution in [3.63, 3.8) is 0 Å². The van der Waals surface area contributed by atoms with Gasteiger partial charge in [0.2, 0.25) is 5.91 Å². The second-order valence-corrected chi connectivity index (χ2v) is 6.40. The third kappa shape index (κ3) is 4.01. The molecule has 0 fully saturated rings. The van der Waals surface area contributed by atoms with Crippen LogP contribution in [-0.4, -0.2) is 37.4 Å². The number of imidazole rings is 1. The van der Waals surface area contributed by atoms with Gasteiger partial charge in [-0.2, -0.15) is 0 Å². The van der Waals surface area contributed by atoms with E-state index in [0.717, 1.165) is 34.7 Å². The highest BCUT2D eigenvalue weighted by Gasteiger charge is 2.15. The van der Waals surface area contributed by atoms with E-state index < -0.39 is 0 Å². The monoisotopic (exact) mass is 375 g/mol. The van der Waals surface area contributed by atoms with Crippen molar-refractivity contribution in [2.45, 2.75) is 27.3 Å². The van der Waals surface area contributed by atoms with E-state index in [0.29, 0.717) is 11.4 Å². The van der Waals surface area contributed by atoms with E-state index >= 15 is 0 Å². The van der Waals surface area contributed by atoms with Crippen LogP contribution < -0.4 is 5.32 Å². The lowest BCUT2D eigenvalue weighted by molar-refractivity contribution is -0.116. The van der Waals surface area contributed by atoms with Gasteiger partial charge in [0.25, 0.3) is 0 Å². The van der Waals surface area contributed by atoms with Gasteiger partial charge in [0, 0.05) is 41.1 Å². The SMILES string of the molecule is Cc1cc(-c2nc(C)n(CC(=O)Nc3ccc(C(=N)C=N)cn3)c2C)ccn1. The molecule has 0 bridgehead atoms. The van der Waals surface area contributed by atoms with E-state index in [1.54, 1.807) is 18.3 Å². The summed E-state index contributed by atoms with van der Waals surface area (Å²) in [5.74, 6) is 0.926. The molecule has 8 heteroatoms. The van der Waals surface area contributed by atoms with Crippen LogP contribution in [-0.2, 0) is 11.3 Å². The maximum Gasteiger partial charge on any atom is 0.245 e. The Morgan fingerprint density at radius 1 is 1.21 bits per heavy atom. The summed E-state index contributed by atoms with van der Waals surface area (Å²) < 4.78 is 1.86. The first-order valence-corrected chi connectivity index (χ1v) is 8.71. The van der Waals surface area contributed by atoms with Crippen LogP contribution >= 0.6 is 0 Å². The normalized spacial score (nSPS) is 10.5. The maximum atomic E-state index is 12.5. The van der Waals surface area contributed by atoms with Gasteiger partial charge in [0.05, 0.1) is 11.4 Å². The number of aryl methyl sites for hydroxylation is 2. The van der Waals surface area contributed by atoms with Gasteiger partial charge in [-0.3, -0.25) is 15.2 Å². The molecule has 0 aliphatic carbocycles. The second-order valence-electron chi connectivity index (χ2n) is 6.40. The number of carbonyl (C=O) groups excluding carboxylic acids is 1. The van der Waals surface area contributed by atoms with Crippen LogP contribution in [0, 0.1) is 31.6 Å². The van der Waals surface area contributed by atoms with E-state index in [2.05, 4.69) is 20.3 Å². The summed E-state index contributed by atoms with van der Waals surface area (Å²) in [6.45, 7) is 5.86. The molecule has 3 N–H and O–H groups in total. The van der Waals surface area contributed by atoms with Gasteiger partial charge in [-0.25, -0.2) is 9.97 Å². The summed E-state index contributed by atoms with van der Waals surface area (Å²) in [4.78, 5) is 25.4. The molecule has 3 heterocycles. The predicted octanol–water partition coefficient (Wildman–Crippen LogP) is 2.92. The Balaban J connectivity index is 1.76. The third-order valence-electron chi connectivity index (χ3n) is 4.37. The number of aromatic nitrogens is 4. The fraction of sp³-hybridized carbons (Fsp3) is 0.200. The molecular weight excluding hydrogens is 354 g/mol. The van der Waals surface area contributed by atoms with Crippen molar-refractivity contribution in [2.24, 2.45) is 0 Å². The number of carbonyl (C=O) groups is 1. The highest BCUT2D eigenvalue weighted by Crippen LogP contribution is 2.23. The summed E-state index contributed by atoms with van der Waals surface area (Å²) in [5, 5.41) is 17.4. The molecule has 0 unspecified atom stereocenters. The number of amides is 1. The molecule has 3 rings (SSSR count). The lowest BCUT2D eigenvalue weighted by atomic mass is 10.1. The summed E-state index contributed by atoms with van der Waals surface area (Å²) >= 11 is 0. The van der Waals surface area contributed by atoms with Gasteiger partial charge in [-0.15, -0.1) is 0 Å². The summed E-state index contributed by atoms with van der Waals surface area (Å²) in [7, 11) is 0. The standard InChI is InChI=1S/C20H21N7O/c1-12-8-15(6-7-23-12)20-13(2)27(14(3)25-20)11-19(28)26-18-5-4-16(10-24-18)17(22)9-21/h4-10,21-22H,11H2,1-3H3,(H,24,26,28). The van der Waals surface area contributed by atoms with Gasteiger partial charge in [0.1, 0.15) is 18.2 Å². The molecule has 3 aromatic heterocycles. The first-order chi connectivity index (χ1) is 13.4. The second kappa shape index (κ2) is 7.91. The van der Waals surface area contributed by atoms with Crippen LogP contribution in [0.2, 0.25) is 0 Å². The van der Waals surface area contributed by atoms with Crippen LogP contribution in [0.25, 0.3) is 11.3 Å². The number of rotatable bonds is 6. The molecule has 142 valence electrons. The lowest BCUT2D eigenvalue weighted by Gasteiger charge is -2.09. The number of hydrogen-bond acceptors (Lipinski definition) is 6. The fourth-order valence-corrected chi connectivity index (χ4v) is 2.91. The molecular formula is C20H21N7O. The first kappa shape index (κ1) is 19.1. The molecule has 0 aliphatic heterocycles. The van der Waals surface area contributed by atoms with Crippen LogP contribution in [0.3, 0.4) is 0 Å². The van der Waals surface area contributed by atoms with Gasteiger partial charge in [-0.05, 0) is 45.0 Å². The molecule has 0 saturated heterocycles. The van der Waals surface area contributed by atoms with Gasteiger partial charge in [-0.1, -0.05) is 0 Å². The molecule has 28 heavy (non-hydrogen) atoms. The number of nitrogens with zero attached hydrogens (tertiary/aromatic N) is 4. The molecule has 0 radical (unpaired) electrons. The average Bonchev–Trinajstić information content (AvgIpc) is 2.96. The van der Waals surface area contributed by atoms with Crippen molar-refractivity contribution in [3.8, 4) is 11.3 Å². The van der Waals surface area contributed by atoms with Crippen LogP contribution in [0.1, 0.15) is 22.8 Å². The van der Waals surface area contributed by atoms with Crippen LogP contribution in [0.15, 0.2) is 36.7 Å². The van der Waals surface area contributed by atoms with Crippen molar-refractivity contribution in [2.75, 3.05) is 5.32 Å². The van der Waals surface area contributed by atoms with Gasteiger partial charge in [0.15, 0.2) is 0 Å². The minimum absolute atomic E-state index is 0.0638. The molecule has 0 atom stereocenters. The fourth-order valence-electron chi connectivity index (χ4n) is 2.91. The van der Waals surface area contributed by atoms with Gasteiger partial charge < -0.3 is 15.3 Å². The molecule has 8 nitrogen and oxygen atoms in total. The Morgan fingerprint density at radius 3 is 2.64 bits per heavy atom. The van der Waals surface area contributed by atoms with Crippen molar-refractivity contribution in [3.05, 3.63) is 59.4 Å². The van der Waals surface area contributed by atoms with Gasteiger partial charge >= 0.3 is 0 Å². The average molecular weight is 375 g/mol. The zero-order valence-electron chi connectivity index (χ0n) is 15.9. The van der Waals surface area contributed by atoms with Crippen molar-refractivity contribution >= 4 is 23.7 Å². The minimum atomic E-state index is -0.219. The molecule has 1 amide bonds. The highest BCUT2D eigenvalue weighted by molar-refractivity contribution is 6.35. The number of nitrogens with one attached hydrogen (secondary N) is 3. The zero-order chi connectivity index (χ0) is 20.3. The third-order valence-corrected chi connectivity index (χ3v) is 4.37. The van der Waals surface area contributed by atoms with Crippen molar-refractivity contribution in [1.29, 1.82) is 10.8 Å². The van der Waals surface area contributed by atoms with E-state index in [1.165, 1.54) is 6.20 Å². The Morgan fingerprint density at radius 2 is 2.00 bits per heavy atom. The number of hydrogen-bond donors (Lipinski definition) is 3. The summed E-state index contributed by atoms with van der Waals surface area (Å²) in [5.41, 5.74) is 4.20. The first-order valence-electron chi connectivity index (χ1n) is 8.71. The van der Waals surface area contributed by atoms with E-state index in [-0.39, 0.29) is 18.2 Å². The van der Waals surface area contributed by atoms with Crippen LogP contribution in [0.4, 0.5) is 5.82 Å². The van der Waals surface area contributed by atoms with E-state index in [4.69, 9.17) is 10.8 Å². The molecule has 0 saturated carbocycles. The lowest BCUT2D eigenvalue weighted by Crippen LogP contribution is -2.21. The van der Waals surface area contributed by atoms with E-state index in [1.807, 2.05) is 37.5 Å². The molecule has 0 aliphatic rings. The summed E-state index contributed by atoms with van der Waals surface area (Å²) in [6.07, 6.45) is 4.15. The molecule has 3 aromatic rings.